The van der Waals surface area contributed by atoms with Crippen molar-refractivity contribution >= 4 is 5.78 Å². The van der Waals surface area contributed by atoms with Crippen molar-refractivity contribution in [1.29, 1.82) is 5.26 Å². The summed E-state index contributed by atoms with van der Waals surface area (Å²) in [6.07, 6.45) is 5.23. The van der Waals surface area contributed by atoms with Crippen LogP contribution < -0.4 is 0 Å². The Balaban J connectivity index is 1.50. The van der Waals surface area contributed by atoms with Gasteiger partial charge in [-0.05, 0) is 49.4 Å². The lowest BCUT2D eigenvalue weighted by molar-refractivity contribution is 0.00906. The summed E-state index contributed by atoms with van der Waals surface area (Å²) < 4.78 is 13.8. The van der Waals surface area contributed by atoms with E-state index in [1.807, 2.05) is 12.1 Å². The van der Waals surface area contributed by atoms with Crippen LogP contribution >= 0.6 is 0 Å². The van der Waals surface area contributed by atoms with E-state index in [0.717, 1.165) is 32.2 Å². The monoisotopic (exact) mass is 376 g/mol. The molecule has 2 bridgehead atoms. The van der Waals surface area contributed by atoms with Gasteiger partial charge in [0.2, 0.25) is 0 Å². The quantitative estimate of drug-likeness (QED) is 0.697. The topological polar surface area (TPSA) is 44.1 Å². The van der Waals surface area contributed by atoms with E-state index in [1.54, 1.807) is 12.1 Å². The molecule has 0 saturated carbocycles. The van der Waals surface area contributed by atoms with Gasteiger partial charge in [0.05, 0.1) is 12.5 Å². The second-order valence-electron chi connectivity index (χ2n) is 8.07. The van der Waals surface area contributed by atoms with Gasteiger partial charge in [0.25, 0.3) is 0 Å². The lowest BCUT2D eigenvalue weighted by atomic mass is 9.75. The molecule has 0 aliphatic carbocycles. The van der Waals surface area contributed by atoms with Gasteiger partial charge in [-0.3, -0.25) is 9.69 Å². The van der Waals surface area contributed by atoms with Crippen LogP contribution in [0.4, 0.5) is 4.39 Å². The molecule has 3 nitrogen and oxygen atoms in total. The molecule has 28 heavy (non-hydrogen) atoms. The third kappa shape index (κ3) is 3.86. The summed E-state index contributed by atoms with van der Waals surface area (Å²) in [6, 6.07) is 17.8. The van der Waals surface area contributed by atoms with E-state index in [-0.39, 0.29) is 18.1 Å². The lowest BCUT2D eigenvalue weighted by Crippen LogP contribution is -2.52. The van der Waals surface area contributed by atoms with Crippen molar-refractivity contribution in [2.24, 2.45) is 5.92 Å². The van der Waals surface area contributed by atoms with E-state index in [1.165, 1.54) is 18.1 Å². The molecule has 2 fully saturated rings. The Morgan fingerprint density at radius 1 is 1.11 bits per heavy atom. The van der Waals surface area contributed by atoms with Crippen molar-refractivity contribution in [3.63, 3.8) is 0 Å². The van der Waals surface area contributed by atoms with E-state index < -0.39 is 5.82 Å². The van der Waals surface area contributed by atoms with Crippen LogP contribution in [0.1, 0.15) is 53.6 Å². The molecule has 2 aliphatic rings. The van der Waals surface area contributed by atoms with Crippen LogP contribution in [0.5, 0.6) is 0 Å². The first kappa shape index (κ1) is 18.8. The maximum atomic E-state index is 13.8. The number of carbonyl (C=O) groups excluding carboxylic acids is 1. The third-order valence-corrected chi connectivity index (χ3v) is 6.30. The molecule has 144 valence electrons. The maximum absolute atomic E-state index is 13.8. The van der Waals surface area contributed by atoms with Crippen LogP contribution in [0.2, 0.25) is 0 Å². The molecule has 0 radical (unpaired) electrons. The minimum absolute atomic E-state index is 0.00623. The average molecular weight is 376 g/mol. The zero-order valence-corrected chi connectivity index (χ0v) is 16.0. The molecule has 4 rings (SSSR count). The molecule has 2 atom stereocenters. The molecule has 2 saturated heterocycles. The molecular weight excluding hydrogens is 351 g/mol. The standard InChI is InChI=1S/C24H25FN2O/c25-23-10-9-19(13-18(23)11-12-26)24(28)20-14-21-7-4-8-22(15-20)27(21)16-17-5-2-1-3-6-17/h1-3,5-6,9-10,13,20-22H,4,7-8,11,14-16H2. The molecule has 0 amide bonds. The Labute approximate surface area is 165 Å². The largest absolute Gasteiger partial charge is 0.294 e. The number of nitriles is 1. The lowest BCUT2D eigenvalue weighted by Gasteiger charge is -2.48. The molecule has 2 unspecified atom stereocenters. The number of rotatable bonds is 5. The number of piperidine rings is 2. The van der Waals surface area contributed by atoms with Crippen molar-refractivity contribution in [3.8, 4) is 6.07 Å². The number of ketones is 1. The van der Waals surface area contributed by atoms with Crippen molar-refractivity contribution in [2.75, 3.05) is 0 Å². The van der Waals surface area contributed by atoms with Crippen LogP contribution in [0.15, 0.2) is 48.5 Å². The first-order valence-corrected chi connectivity index (χ1v) is 10.1. The fourth-order valence-electron chi connectivity index (χ4n) is 4.93. The second-order valence-corrected chi connectivity index (χ2v) is 8.07. The van der Waals surface area contributed by atoms with E-state index >= 15 is 0 Å². The molecule has 0 spiro atoms. The fraction of sp³-hybridized carbons (Fsp3) is 0.417. The number of halogens is 1. The van der Waals surface area contributed by atoms with Crippen LogP contribution in [0, 0.1) is 23.1 Å². The summed E-state index contributed by atoms with van der Waals surface area (Å²) in [5.74, 6) is -0.314. The number of Topliss-reactive ketones (excluding diaryl/α,β-unsaturated/α-hetero) is 1. The number of benzene rings is 2. The van der Waals surface area contributed by atoms with Gasteiger partial charge in [-0.2, -0.15) is 5.26 Å². The van der Waals surface area contributed by atoms with Crippen molar-refractivity contribution in [1.82, 2.24) is 4.90 Å². The second kappa shape index (κ2) is 8.24. The highest BCUT2D eigenvalue weighted by molar-refractivity contribution is 5.98. The van der Waals surface area contributed by atoms with E-state index in [0.29, 0.717) is 23.2 Å². The molecular formula is C24H25FN2O. The Bertz CT molecular complexity index is 875. The van der Waals surface area contributed by atoms with E-state index in [9.17, 15) is 9.18 Å². The Morgan fingerprint density at radius 3 is 2.50 bits per heavy atom. The van der Waals surface area contributed by atoms with Gasteiger partial charge in [0.1, 0.15) is 5.82 Å². The Kier molecular flexibility index (Phi) is 5.54. The summed E-state index contributed by atoms with van der Waals surface area (Å²) in [7, 11) is 0. The van der Waals surface area contributed by atoms with Crippen molar-refractivity contribution in [3.05, 3.63) is 71.0 Å². The minimum Gasteiger partial charge on any atom is -0.294 e. The van der Waals surface area contributed by atoms with Crippen LogP contribution in [0.25, 0.3) is 0 Å². The zero-order chi connectivity index (χ0) is 19.5. The SMILES string of the molecule is N#CCc1cc(C(=O)C2CC3CCCC(C2)N3Cc2ccccc2)ccc1F. The Morgan fingerprint density at radius 2 is 1.82 bits per heavy atom. The highest BCUT2D eigenvalue weighted by Crippen LogP contribution is 2.39. The van der Waals surface area contributed by atoms with Crippen LogP contribution in [-0.4, -0.2) is 22.8 Å². The van der Waals surface area contributed by atoms with Gasteiger partial charge in [0.15, 0.2) is 5.78 Å². The van der Waals surface area contributed by atoms with Gasteiger partial charge < -0.3 is 0 Å². The number of fused-ring (bicyclic) bond motifs is 2. The van der Waals surface area contributed by atoms with Crippen LogP contribution in [0.3, 0.4) is 0 Å². The average Bonchev–Trinajstić information content (AvgIpc) is 2.70. The van der Waals surface area contributed by atoms with Gasteiger partial charge >= 0.3 is 0 Å². The van der Waals surface area contributed by atoms with Crippen LogP contribution in [-0.2, 0) is 13.0 Å². The highest BCUT2D eigenvalue weighted by Gasteiger charge is 2.40. The summed E-state index contributed by atoms with van der Waals surface area (Å²) in [4.78, 5) is 15.7. The Hall–Kier alpha value is -2.51. The predicted octanol–water partition coefficient (Wildman–Crippen LogP) is 4.91. The van der Waals surface area contributed by atoms with Gasteiger partial charge in [0, 0.05) is 35.7 Å². The summed E-state index contributed by atoms with van der Waals surface area (Å²) >= 11 is 0. The summed E-state index contributed by atoms with van der Waals surface area (Å²) in [5.41, 5.74) is 2.19. The van der Waals surface area contributed by atoms with E-state index in [4.69, 9.17) is 5.26 Å². The van der Waals surface area contributed by atoms with Gasteiger partial charge in [-0.25, -0.2) is 4.39 Å². The van der Waals surface area contributed by atoms with Gasteiger partial charge in [-0.1, -0.05) is 36.8 Å². The number of nitrogens with zero attached hydrogens (tertiary/aromatic N) is 2. The number of carbonyl (C=O) groups is 1. The minimum atomic E-state index is -0.410. The van der Waals surface area contributed by atoms with Crippen molar-refractivity contribution < 1.29 is 9.18 Å². The molecule has 2 aromatic rings. The molecule has 2 heterocycles. The zero-order valence-electron chi connectivity index (χ0n) is 16.0. The molecule has 0 N–H and O–H groups in total. The molecule has 4 heteroatoms. The maximum Gasteiger partial charge on any atom is 0.166 e. The number of hydrogen-bond acceptors (Lipinski definition) is 3. The third-order valence-electron chi connectivity index (χ3n) is 6.30. The molecule has 0 aromatic heterocycles. The van der Waals surface area contributed by atoms with E-state index in [2.05, 4.69) is 29.2 Å². The predicted molar refractivity (Wildman–Crippen MR) is 106 cm³/mol. The van der Waals surface area contributed by atoms with Crippen molar-refractivity contribution in [2.45, 2.75) is 57.2 Å². The normalized spacial score (nSPS) is 24.5. The fourth-order valence-corrected chi connectivity index (χ4v) is 4.93. The number of hydrogen-bond donors (Lipinski definition) is 0. The first-order valence-electron chi connectivity index (χ1n) is 10.1. The summed E-state index contributed by atoms with van der Waals surface area (Å²) in [5, 5.41) is 8.87. The molecule has 2 aromatic carbocycles. The molecule has 2 aliphatic heterocycles. The first-order chi connectivity index (χ1) is 13.7. The van der Waals surface area contributed by atoms with Gasteiger partial charge in [-0.15, -0.1) is 0 Å². The smallest absolute Gasteiger partial charge is 0.166 e. The summed E-state index contributed by atoms with van der Waals surface area (Å²) in [6.45, 7) is 0.944. The highest BCUT2D eigenvalue weighted by atomic mass is 19.1.